The summed E-state index contributed by atoms with van der Waals surface area (Å²) in [6.45, 7) is 4.08. The van der Waals surface area contributed by atoms with Gasteiger partial charge in [-0.05, 0) is 73.6 Å². The fourth-order valence-corrected chi connectivity index (χ4v) is 5.49. The molecule has 11 nitrogen and oxygen atoms in total. The molecule has 1 unspecified atom stereocenters. The van der Waals surface area contributed by atoms with Crippen molar-refractivity contribution >= 4 is 61.7 Å². The monoisotopic (exact) mass is 632 g/mol. The van der Waals surface area contributed by atoms with Gasteiger partial charge in [0.15, 0.2) is 0 Å². The Morgan fingerprint density at radius 1 is 1.07 bits per heavy atom. The number of benzene rings is 2. The lowest BCUT2D eigenvalue weighted by Gasteiger charge is -2.37. The highest BCUT2D eigenvalue weighted by molar-refractivity contribution is 9.10. The zero-order valence-corrected chi connectivity index (χ0v) is 25.9. The van der Waals surface area contributed by atoms with Gasteiger partial charge in [-0.2, -0.15) is 4.98 Å². The lowest BCUT2D eigenvalue weighted by atomic mass is 10.0. The zero-order chi connectivity index (χ0) is 29.0. The van der Waals surface area contributed by atoms with Crippen LogP contribution in [0.2, 0.25) is 0 Å². The molecule has 4 rings (SSSR count). The van der Waals surface area contributed by atoms with Gasteiger partial charge >= 0.3 is 0 Å². The molecule has 0 radical (unpaired) electrons. The van der Waals surface area contributed by atoms with Crippen LogP contribution < -0.4 is 29.3 Å². The summed E-state index contributed by atoms with van der Waals surface area (Å²) in [5.74, 6) is 1.86. The third kappa shape index (κ3) is 6.60. The van der Waals surface area contributed by atoms with Gasteiger partial charge in [0.2, 0.25) is 5.95 Å². The van der Waals surface area contributed by atoms with Gasteiger partial charge in [0.05, 0.1) is 30.1 Å². The molecule has 1 saturated heterocycles. The van der Waals surface area contributed by atoms with Gasteiger partial charge in [0.1, 0.15) is 23.0 Å². The smallest absolute Gasteiger partial charge is 0.229 e. The number of nitrogens with zero attached hydrogens (tertiary/aromatic N) is 5. The molecule has 1 aliphatic rings. The van der Waals surface area contributed by atoms with Crippen molar-refractivity contribution in [3.63, 3.8) is 0 Å². The minimum atomic E-state index is -2.50. The molecule has 3 aromatic rings. The molecule has 1 aliphatic heterocycles. The predicted molar refractivity (Wildman–Crippen MR) is 163 cm³/mol. The van der Waals surface area contributed by atoms with Gasteiger partial charge < -0.3 is 38.8 Å². The van der Waals surface area contributed by atoms with Crippen molar-refractivity contribution in [3.05, 3.63) is 46.6 Å². The van der Waals surface area contributed by atoms with E-state index in [1.807, 2.05) is 6.07 Å². The number of nitrogens with one attached hydrogen (secondary N) is 2. The molecular formula is C27H35BrN7O4S-. The van der Waals surface area contributed by atoms with Crippen LogP contribution in [0.25, 0.3) is 0 Å². The molecule has 13 heteroatoms. The topological polar surface area (TPSA) is 118 Å². The number of aryl methyl sites for hydroxylation is 1. The molecule has 0 saturated carbocycles. The number of methoxy groups -OCH3 is 2. The quantitative estimate of drug-likeness (QED) is 0.301. The standard InChI is InChI=1S/C27H36BrN7O4S/c1-17-14-21(24(39-6)15-22(17)35-12-10-18(11-13-35)33(2)3)31-27-29-16-19(28)26(32-27)30-20-8-7-9-23(38-5)25(20)34(4)40(36)37/h7-9,14-16,18H,10-13H2,1-6H3,(H,36,37)(H2,29,30,31,32)/p-1. The Hall–Kier alpha value is -3.13. The van der Waals surface area contributed by atoms with Crippen LogP contribution in [-0.4, -0.2) is 78.1 Å². The second-order valence-corrected chi connectivity index (χ2v) is 11.6. The summed E-state index contributed by atoms with van der Waals surface area (Å²) in [5, 5.41) is 6.49. The molecule has 40 heavy (non-hydrogen) atoms. The highest BCUT2D eigenvalue weighted by atomic mass is 79.9. The van der Waals surface area contributed by atoms with Crippen LogP contribution in [0.15, 0.2) is 41.0 Å². The number of rotatable bonds is 10. The van der Waals surface area contributed by atoms with Crippen LogP contribution in [0.1, 0.15) is 18.4 Å². The molecule has 0 aliphatic carbocycles. The largest absolute Gasteiger partial charge is 0.755 e. The van der Waals surface area contributed by atoms with E-state index in [9.17, 15) is 8.76 Å². The number of piperidine rings is 1. The molecule has 1 fully saturated rings. The minimum absolute atomic E-state index is 0.341. The average molecular weight is 634 g/mol. The molecule has 0 spiro atoms. The molecule has 2 N–H and O–H groups in total. The molecular weight excluding hydrogens is 598 g/mol. The average Bonchev–Trinajstić information content (AvgIpc) is 2.94. The first-order valence-electron chi connectivity index (χ1n) is 12.8. The van der Waals surface area contributed by atoms with E-state index in [1.54, 1.807) is 31.5 Å². The van der Waals surface area contributed by atoms with E-state index in [0.717, 1.165) is 47.2 Å². The Balaban J connectivity index is 1.59. The maximum absolute atomic E-state index is 11.7. The number of aromatic nitrogens is 2. The molecule has 0 amide bonds. The van der Waals surface area contributed by atoms with Crippen molar-refractivity contribution in [1.29, 1.82) is 0 Å². The Bertz CT molecular complexity index is 1370. The molecule has 1 aromatic heterocycles. The van der Waals surface area contributed by atoms with Gasteiger partial charge in [-0.25, -0.2) is 4.98 Å². The van der Waals surface area contributed by atoms with E-state index in [2.05, 4.69) is 73.4 Å². The fourth-order valence-electron chi connectivity index (χ4n) is 4.86. The summed E-state index contributed by atoms with van der Waals surface area (Å²) in [7, 11) is 8.86. The van der Waals surface area contributed by atoms with Crippen LogP contribution in [0.5, 0.6) is 11.5 Å². The number of ether oxygens (including phenoxy) is 2. The van der Waals surface area contributed by atoms with Crippen molar-refractivity contribution in [1.82, 2.24) is 14.9 Å². The van der Waals surface area contributed by atoms with Crippen molar-refractivity contribution in [2.45, 2.75) is 25.8 Å². The first kappa shape index (κ1) is 29.8. The Morgan fingerprint density at radius 2 is 1.77 bits per heavy atom. The second-order valence-electron chi connectivity index (χ2n) is 9.73. The van der Waals surface area contributed by atoms with E-state index in [0.29, 0.717) is 45.2 Å². The SMILES string of the molecule is COc1cc(N2CCC(N(C)C)CC2)c(C)cc1Nc1ncc(Br)c(Nc2cccc(OC)c2N(C)S(=O)[O-])n1. The number of hydrogen-bond donors (Lipinski definition) is 2. The lowest BCUT2D eigenvalue weighted by molar-refractivity contribution is 0.249. The summed E-state index contributed by atoms with van der Waals surface area (Å²) in [5.41, 5.74) is 3.86. The van der Waals surface area contributed by atoms with Crippen LogP contribution in [0, 0.1) is 6.92 Å². The second kappa shape index (κ2) is 13.0. The summed E-state index contributed by atoms with van der Waals surface area (Å²) in [6.07, 6.45) is 3.86. The molecule has 1 atom stereocenters. The van der Waals surface area contributed by atoms with E-state index < -0.39 is 11.3 Å². The summed E-state index contributed by atoms with van der Waals surface area (Å²) in [4.78, 5) is 13.8. The third-order valence-corrected chi connectivity index (χ3v) is 8.26. The number of halogens is 1. The highest BCUT2D eigenvalue weighted by Crippen LogP contribution is 2.39. The van der Waals surface area contributed by atoms with Crippen molar-refractivity contribution in [2.24, 2.45) is 0 Å². The number of para-hydroxylation sites is 1. The van der Waals surface area contributed by atoms with E-state index in [4.69, 9.17) is 9.47 Å². The number of anilines is 6. The fraction of sp³-hybridized carbons (Fsp3) is 0.407. The van der Waals surface area contributed by atoms with Gasteiger partial charge in [-0.1, -0.05) is 6.07 Å². The maximum Gasteiger partial charge on any atom is 0.229 e. The van der Waals surface area contributed by atoms with Gasteiger partial charge in [-0.15, -0.1) is 0 Å². The molecule has 0 bridgehead atoms. The highest BCUT2D eigenvalue weighted by Gasteiger charge is 2.23. The van der Waals surface area contributed by atoms with Crippen LogP contribution in [0.4, 0.5) is 34.5 Å². The van der Waals surface area contributed by atoms with Gasteiger partial charge in [0.25, 0.3) is 0 Å². The van der Waals surface area contributed by atoms with E-state index in [1.165, 1.54) is 14.2 Å². The number of hydrogen-bond acceptors (Lipinski definition) is 10. The normalized spacial score (nSPS) is 14.7. The lowest BCUT2D eigenvalue weighted by Crippen LogP contribution is -2.42. The Morgan fingerprint density at radius 3 is 2.40 bits per heavy atom. The van der Waals surface area contributed by atoms with Gasteiger partial charge in [0, 0.05) is 55.4 Å². The molecule has 216 valence electrons. The zero-order valence-electron chi connectivity index (χ0n) is 23.5. The van der Waals surface area contributed by atoms with Crippen LogP contribution in [0.3, 0.4) is 0 Å². The summed E-state index contributed by atoms with van der Waals surface area (Å²) in [6, 6.07) is 9.91. The molecule has 2 aromatic carbocycles. The molecule has 2 heterocycles. The van der Waals surface area contributed by atoms with Crippen molar-refractivity contribution in [2.75, 3.05) is 68.3 Å². The third-order valence-electron chi connectivity index (χ3n) is 7.05. The van der Waals surface area contributed by atoms with Crippen LogP contribution in [-0.2, 0) is 11.3 Å². The van der Waals surface area contributed by atoms with Gasteiger partial charge in [-0.3, -0.25) is 4.21 Å². The first-order valence-corrected chi connectivity index (χ1v) is 14.6. The predicted octanol–water partition coefficient (Wildman–Crippen LogP) is 4.81. The van der Waals surface area contributed by atoms with E-state index >= 15 is 0 Å². The summed E-state index contributed by atoms with van der Waals surface area (Å²) >= 11 is 0.986. The Kier molecular flexibility index (Phi) is 9.72. The minimum Gasteiger partial charge on any atom is -0.755 e. The van der Waals surface area contributed by atoms with Crippen LogP contribution >= 0.6 is 15.9 Å². The van der Waals surface area contributed by atoms with Crippen molar-refractivity contribution in [3.8, 4) is 11.5 Å². The first-order chi connectivity index (χ1) is 19.1. The Labute approximate surface area is 246 Å². The maximum atomic E-state index is 11.7. The van der Waals surface area contributed by atoms with E-state index in [-0.39, 0.29) is 0 Å². The summed E-state index contributed by atoms with van der Waals surface area (Å²) < 4.78 is 36.3. The van der Waals surface area contributed by atoms with Crippen molar-refractivity contribution < 1.29 is 18.2 Å².